The van der Waals surface area contributed by atoms with Crippen molar-refractivity contribution in [1.29, 1.82) is 0 Å². The van der Waals surface area contributed by atoms with Crippen LogP contribution in [0.3, 0.4) is 0 Å². The number of rotatable bonds is 2. The maximum absolute atomic E-state index is 11.4. The molecule has 19 heavy (non-hydrogen) atoms. The Hall–Kier alpha value is -1.55. The van der Waals surface area contributed by atoms with Crippen LogP contribution in [0.25, 0.3) is 0 Å². The minimum Gasteiger partial charge on any atom is -0.478 e. The number of anilines is 1. The Labute approximate surface area is 114 Å². The molecule has 1 saturated heterocycles. The molecular weight excluding hydrogens is 240 g/mol. The topological polar surface area (TPSA) is 43.8 Å². The zero-order valence-electron chi connectivity index (χ0n) is 11.9. The summed E-state index contributed by atoms with van der Waals surface area (Å²) in [7, 11) is 2.12. The highest BCUT2D eigenvalue weighted by molar-refractivity contribution is 5.94. The van der Waals surface area contributed by atoms with Crippen LogP contribution in [0.5, 0.6) is 0 Å². The maximum atomic E-state index is 11.4. The van der Waals surface area contributed by atoms with Crippen LogP contribution in [0.2, 0.25) is 0 Å². The molecule has 0 aliphatic carbocycles. The van der Waals surface area contributed by atoms with E-state index in [1.807, 2.05) is 19.1 Å². The molecule has 1 heterocycles. The first-order valence-corrected chi connectivity index (χ1v) is 6.78. The minimum atomic E-state index is -0.844. The first-order valence-electron chi connectivity index (χ1n) is 6.78. The van der Waals surface area contributed by atoms with E-state index in [0.29, 0.717) is 11.6 Å². The molecule has 4 heteroatoms. The Bertz CT molecular complexity index is 473. The zero-order valence-corrected chi connectivity index (χ0v) is 11.9. The molecule has 0 spiro atoms. The molecule has 1 aliphatic heterocycles. The highest BCUT2D eigenvalue weighted by Gasteiger charge is 2.23. The Kier molecular flexibility index (Phi) is 4.10. The van der Waals surface area contributed by atoms with Crippen LogP contribution in [0.1, 0.15) is 29.3 Å². The van der Waals surface area contributed by atoms with E-state index in [1.165, 1.54) is 0 Å². The summed E-state index contributed by atoms with van der Waals surface area (Å²) in [6, 6.07) is 6.02. The molecule has 0 amide bonds. The monoisotopic (exact) mass is 262 g/mol. The average molecular weight is 262 g/mol. The van der Waals surface area contributed by atoms with Gasteiger partial charge in [-0.15, -0.1) is 0 Å². The van der Waals surface area contributed by atoms with Crippen molar-refractivity contribution < 1.29 is 9.90 Å². The molecule has 104 valence electrons. The number of carboxylic acids is 1. The van der Waals surface area contributed by atoms with Gasteiger partial charge in [0, 0.05) is 19.1 Å². The van der Waals surface area contributed by atoms with Gasteiger partial charge in [-0.1, -0.05) is 11.6 Å². The van der Waals surface area contributed by atoms with Crippen molar-refractivity contribution in [2.45, 2.75) is 26.3 Å². The van der Waals surface area contributed by atoms with Gasteiger partial charge >= 0.3 is 5.97 Å². The molecule has 0 radical (unpaired) electrons. The summed E-state index contributed by atoms with van der Waals surface area (Å²) in [5, 5.41) is 9.39. The lowest BCUT2D eigenvalue weighted by atomic mass is 10.1. The Morgan fingerprint density at radius 1 is 1.37 bits per heavy atom. The highest BCUT2D eigenvalue weighted by atomic mass is 16.4. The number of nitrogens with zero attached hydrogens (tertiary/aromatic N) is 2. The zero-order chi connectivity index (χ0) is 14.0. The third-order valence-electron chi connectivity index (χ3n) is 3.74. The van der Waals surface area contributed by atoms with Crippen LogP contribution in [0.15, 0.2) is 18.2 Å². The lowest BCUT2D eigenvalue weighted by Crippen LogP contribution is -2.38. The number of carbonyl (C=O) groups is 1. The lowest BCUT2D eigenvalue weighted by Gasteiger charge is -2.31. The van der Waals surface area contributed by atoms with Gasteiger partial charge in [-0.25, -0.2) is 4.79 Å². The molecule has 1 N–H and O–H groups in total. The van der Waals surface area contributed by atoms with Gasteiger partial charge < -0.3 is 14.9 Å². The van der Waals surface area contributed by atoms with Crippen molar-refractivity contribution in [3.05, 3.63) is 29.3 Å². The minimum absolute atomic E-state index is 0.327. The predicted molar refractivity (Wildman–Crippen MR) is 77.1 cm³/mol. The van der Waals surface area contributed by atoms with Gasteiger partial charge in [0.1, 0.15) is 0 Å². The van der Waals surface area contributed by atoms with Gasteiger partial charge in [-0.2, -0.15) is 0 Å². The third-order valence-corrected chi connectivity index (χ3v) is 3.74. The number of hydrogen-bond acceptors (Lipinski definition) is 3. The van der Waals surface area contributed by atoms with E-state index in [2.05, 4.69) is 23.8 Å². The van der Waals surface area contributed by atoms with E-state index < -0.39 is 5.97 Å². The molecule has 2 rings (SSSR count). The van der Waals surface area contributed by atoms with Crippen LogP contribution >= 0.6 is 0 Å². The predicted octanol–water partition coefficient (Wildman–Crippen LogP) is 2.22. The quantitative estimate of drug-likeness (QED) is 0.887. The summed E-state index contributed by atoms with van der Waals surface area (Å²) in [5.41, 5.74) is 2.25. The second-order valence-electron chi connectivity index (χ2n) is 5.48. The Morgan fingerprint density at radius 3 is 2.79 bits per heavy atom. The molecular formula is C15H22N2O2. The fourth-order valence-corrected chi connectivity index (χ4v) is 2.80. The summed E-state index contributed by atoms with van der Waals surface area (Å²) >= 11 is 0. The van der Waals surface area contributed by atoms with Crippen LogP contribution in [0.4, 0.5) is 5.69 Å². The third kappa shape index (κ3) is 3.07. The van der Waals surface area contributed by atoms with Crippen molar-refractivity contribution in [3.8, 4) is 0 Å². The van der Waals surface area contributed by atoms with Crippen molar-refractivity contribution in [2.75, 3.05) is 31.6 Å². The molecule has 1 aromatic rings. The second kappa shape index (κ2) is 5.61. The van der Waals surface area contributed by atoms with E-state index >= 15 is 0 Å². The molecule has 1 aromatic carbocycles. The fourth-order valence-electron chi connectivity index (χ4n) is 2.80. The largest absolute Gasteiger partial charge is 0.478 e. The van der Waals surface area contributed by atoms with Crippen LogP contribution in [0, 0.1) is 6.92 Å². The van der Waals surface area contributed by atoms with E-state index in [-0.39, 0.29) is 0 Å². The maximum Gasteiger partial charge on any atom is 0.337 e. The van der Waals surface area contributed by atoms with Crippen LogP contribution in [-0.4, -0.2) is 48.7 Å². The van der Waals surface area contributed by atoms with E-state index in [0.717, 1.165) is 37.3 Å². The lowest BCUT2D eigenvalue weighted by molar-refractivity contribution is 0.0697. The second-order valence-corrected chi connectivity index (χ2v) is 5.48. The summed E-state index contributed by atoms with van der Waals surface area (Å²) < 4.78 is 0. The first kappa shape index (κ1) is 13.9. The van der Waals surface area contributed by atoms with Crippen molar-refractivity contribution in [3.63, 3.8) is 0 Å². The molecule has 1 unspecified atom stereocenters. The van der Waals surface area contributed by atoms with Crippen molar-refractivity contribution in [1.82, 2.24) is 4.90 Å². The number of hydrogen-bond donors (Lipinski definition) is 1. The molecule has 0 aromatic heterocycles. The SMILES string of the molecule is Cc1ccc(N2CCCN(C)CC2C)c(C(=O)O)c1. The first-order chi connectivity index (χ1) is 8.99. The fraction of sp³-hybridized carbons (Fsp3) is 0.533. The standard InChI is InChI=1S/C15H22N2O2/c1-11-5-6-14(13(9-11)15(18)19)17-8-4-7-16(3)10-12(17)2/h5-6,9,12H,4,7-8,10H2,1-3H3,(H,18,19). The molecule has 1 fully saturated rings. The van der Waals surface area contributed by atoms with Gasteiger partial charge in [0.25, 0.3) is 0 Å². The van der Waals surface area contributed by atoms with Crippen LogP contribution in [-0.2, 0) is 0 Å². The molecule has 1 aliphatic rings. The Morgan fingerprint density at radius 2 is 2.11 bits per heavy atom. The molecule has 0 bridgehead atoms. The van der Waals surface area contributed by atoms with E-state index in [1.54, 1.807) is 6.07 Å². The Balaban J connectivity index is 2.37. The van der Waals surface area contributed by atoms with Crippen LogP contribution < -0.4 is 4.90 Å². The number of carboxylic acid groups (broad SMARTS) is 1. The number of aromatic carboxylic acids is 1. The van der Waals surface area contributed by atoms with E-state index in [9.17, 15) is 9.90 Å². The number of aryl methyl sites for hydroxylation is 1. The molecule has 1 atom stereocenters. The van der Waals surface area contributed by atoms with Gasteiger partial charge in [0.05, 0.1) is 11.3 Å². The summed E-state index contributed by atoms with van der Waals surface area (Å²) in [6.45, 7) is 7.03. The summed E-state index contributed by atoms with van der Waals surface area (Å²) in [4.78, 5) is 16.0. The summed E-state index contributed by atoms with van der Waals surface area (Å²) in [5.74, 6) is -0.844. The average Bonchev–Trinajstić information content (AvgIpc) is 2.50. The highest BCUT2D eigenvalue weighted by Crippen LogP contribution is 2.25. The van der Waals surface area contributed by atoms with Crippen molar-refractivity contribution in [2.24, 2.45) is 0 Å². The molecule has 0 saturated carbocycles. The normalized spacial score (nSPS) is 21.2. The van der Waals surface area contributed by atoms with Gasteiger partial charge in [-0.05, 0) is 46.0 Å². The van der Waals surface area contributed by atoms with Gasteiger partial charge in [0.15, 0.2) is 0 Å². The molecule has 4 nitrogen and oxygen atoms in total. The number of likely N-dealkylation sites (N-methyl/N-ethyl adjacent to an activating group) is 1. The van der Waals surface area contributed by atoms with Gasteiger partial charge in [-0.3, -0.25) is 0 Å². The van der Waals surface area contributed by atoms with Gasteiger partial charge in [0.2, 0.25) is 0 Å². The summed E-state index contributed by atoms with van der Waals surface area (Å²) in [6.07, 6.45) is 1.06. The smallest absolute Gasteiger partial charge is 0.337 e. The van der Waals surface area contributed by atoms with E-state index in [4.69, 9.17) is 0 Å². The number of benzene rings is 1. The van der Waals surface area contributed by atoms with Crippen molar-refractivity contribution >= 4 is 11.7 Å².